The third-order valence-corrected chi connectivity index (χ3v) is 11.0. The number of nitrogens with zero attached hydrogens (tertiary/aromatic N) is 8. The van der Waals surface area contributed by atoms with E-state index in [9.17, 15) is 14.4 Å². The van der Waals surface area contributed by atoms with Gasteiger partial charge in [-0.1, -0.05) is 18.2 Å². The maximum Gasteiger partial charge on any atom is 0.292 e. The Morgan fingerprint density at radius 1 is 0.860 bits per heavy atom. The first-order valence-electron chi connectivity index (χ1n) is 19.6. The highest BCUT2D eigenvalue weighted by molar-refractivity contribution is 6.17. The van der Waals surface area contributed by atoms with Crippen LogP contribution in [0, 0.1) is 5.41 Å². The van der Waals surface area contributed by atoms with Crippen LogP contribution in [-0.4, -0.2) is 144 Å². The Labute approximate surface area is 331 Å². The third kappa shape index (κ3) is 9.67. The molecule has 7 rings (SSSR count). The zero-order valence-electron chi connectivity index (χ0n) is 32.5. The van der Waals surface area contributed by atoms with Gasteiger partial charge in [-0.15, -0.1) is 0 Å². The minimum Gasteiger partial charge on any atom is -0.424 e. The van der Waals surface area contributed by atoms with E-state index in [0.717, 1.165) is 63.4 Å². The Kier molecular flexibility index (Phi) is 12.6. The van der Waals surface area contributed by atoms with Gasteiger partial charge in [0.1, 0.15) is 23.5 Å². The second-order valence-electron chi connectivity index (χ2n) is 14.8. The minimum absolute atomic E-state index is 0.00785. The maximum atomic E-state index is 13.2. The van der Waals surface area contributed by atoms with E-state index in [2.05, 4.69) is 37.3 Å². The number of nitrogen functional groups attached to an aromatic ring is 2. The van der Waals surface area contributed by atoms with Crippen molar-refractivity contribution in [3.8, 4) is 0 Å². The molecule has 2 aromatic carbocycles. The van der Waals surface area contributed by atoms with Crippen LogP contribution in [-0.2, 0) is 38.6 Å². The van der Waals surface area contributed by atoms with Crippen molar-refractivity contribution >= 4 is 52.2 Å². The molecule has 4 aromatic rings. The second-order valence-corrected chi connectivity index (χ2v) is 14.8. The predicted molar refractivity (Wildman–Crippen MR) is 216 cm³/mol. The number of rotatable bonds is 14. The summed E-state index contributed by atoms with van der Waals surface area (Å²) < 4.78 is 11.1. The van der Waals surface area contributed by atoms with Crippen LogP contribution in [0.25, 0.3) is 11.1 Å². The lowest BCUT2D eigenvalue weighted by molar-refractivity contribution is -0.138. The topological polar surface area (TPSA) is 216 Å². The molecule has 6 N–H and O–H groups in total. The summed E-state index contributed by atoms with van der Waals surface area (Å²) in [6, 6.07) is 11.5. The first-order valence-corrected chi connectivity index (χ1v) is 19.6. The summed E-state index contributed by atoms with van der Waals surface area (Å²) >= 11 is 0. The standard InChI is InChI=1S/C40H52N12O5/c1-48(39-36(38(42)45-26-46-39)37(41)29-4-5-32-31(23-29)47-40(43)57-32)24-27-2-3-30-25-52(12-8-28(30)22-27)34(54)7-6-33(53)51-17-15-49(16-18-51)19-21-56-20-9-35(55)50-13-10-44-11-14-50/h2-5,22-23,26,41,44H,6-21,24-25H2,1H3,(H2,43,47)(H2,42,45,46). The van der Waals surface area contributed by atoms with Gasteiger partial charge < -0.3 is 45.5 Å². The number of piperazine rings is 2. The zero-order valence-corrected chi connectivity index (χ0v) is 32.5. The molecule has 0 unspecified atom stereocenters. The van der Waals surface area contributed by atoms with Gasteiger partial charge in [-0.3, -0.25) is 24.7 Å². The number of amides is 3. The van der Waals surface area contributed by atoms with Crippen molar-refractivity contribution in [3.05, 3.63) is 70.5 Å². The molecular formula is C40H52N12O5. The smallest absolute Gasteiger partial charge is 0.292 e. The van der Waals surface area contributed by atoms with Crippen LogP contribution < -0.4 is 21.7 Å². The van der Waals surface area contributed by atoms with Crippen LogP contribution in [0.2, 0.25) is 0 Å². The van der Waals surface area contributed by atoms with Gasteiger partial charge in [-0.25, -0.2) is 9.97 Å². The van der Waals surface area contributed by atoms with Gasteiger partial charge in [-0.05, 0) is 41.3 Å². The zero-order chi connectivity index (χ0) is 39.9. The van der Waals surface area contributed by atoms with Gasteiger partial charge in [0, 0.05) is 104 Å². The van der Waals surface area contributed by atoms with E-state index < -0.39 is 0 Å². The van der Waals surface area contributed by atoms with Gasteiger partial charge in [0.15, 0.2) is 5.58 Å². The molecule has 0 saturated carbocycles. The molecule has 57 heavy (non-hydrogen) atoms. The molecule has 0 bridgehead atoms. The predicted octanol–water partition coefficient (Wildman–Crippen LogP) is 1.48. The fourth-order valence-electron chi connectivity index (χ4n) is 7.71. The van der Waals surface area contributed by atoms with Crippen molar-refractivity contribution in [3.63, 3.8) is 0 Å². The molecule has 3 amide bonds. The number of ether oxygens (including phenoxy) is 1. The van der Waals surface area contributed by atoms with Crippen LogP contribution in [0.15, 0.2) is 47.1 Å². The summed E-state index contributed by atoms with van der Waals surface area (Å²) in [7, 11) is 1.90. The fraction of sp³-hybridized carbons (Fsp3) is 0.475. The summed E-state index contributed by atoms with van der Waals surface area (Å²) in [6.45, 7) is 9.35. The van der Waals surface area contributed by atoms with Crippen molar-refractivity contribution in [2.45, 2.75) is 38.8 Å². The Morgan fingerprint density at radius 2 is 1.60 bits per heavy atom. The molecule has 5 heterocycles. The van der Waals surface area contributed by atoms with E-state index in [4.69, 9.17) is 26.0 Å². The van der Waals surface area contributed by atoms with E-state index in [0.29, 0.717) is 80.4 Å². The van der Waals surface area contributed by atoms with Crippen molar-refractivity contribution in [1.82, 2.24) is 39.9 Å². The molecule has 0 radical (unpaired) electrons. The summed E-state index contributed by atoms with van der Waals surface area (Å²) in [6.07, 6.45) is 2.92. The number of hydrogen-bond acceptors (Lipinski definition) is 14. The lowest BCUT2D eigenvalue weighted by Gasteiger charge is -2.35. The Balaban J connectivity index is 0.843. The van der Waals surface area contributed by atoms with Crippen molar-refractivity contribution in [2.24, 2.45) is 0 Å². The van der Waals surface area contributed by atoms with Gasteiger partial charge in [0.25, 0.3) is 6.01 Å². The summed E-state index contributed by atoms with van der Waals surface area (Å²) in [5.41, 5.74) is 17.6. The molecule has 302 valence electrons. The molecule has 17 nitrogen and oxygen atoms in total. The highest BCUT2D eigenvalue weighted by atomic mass is 16.5. The molecule has 0 atom stereocenters. The van der Waals surface area contributed by atoms with Gasteiger partial charge >= 0.3 is 0 Å². The fourth-order valence-corrected chi connectivity index (χ4v) is 7.71. The molecule has 2 fully saturated rings. The number of aromatic nitrogens is 3. The number of carbonyl (C=O) groups excluding carboxylic acids is 3. The Bertz CT molecular complexity index is 2090. The highest BCUT2D eigenvalue weighted by Crippen LogP contribution is 2.28. The van der Waals surface area contributed by atoms with Crippen LogP contribution in [0.4, 0.5) is 17.7 Å². The Hall–Kier alpha value is -5.65. The number of anilines is 3. The van der Waals surface area contributed by atoms with Crippen molar-refractivity contribution in [1.29, 1.82) is 5.41 Å². The SMILES string of the molecule is CN(Cc1ccc2c(c1)CCN(C(=O)CCC(=O)N1CCN(CCOCCC(=O)N3CCNCC3)CC1)C2)c1ncnc(N)c1C(=N)c1ccc2oc(N)nc2c1. The molecule has 0 aliphatic carbocycles. The van der Waals surface area contributed by atoms with Crippen LogP contribution in [0.1, 0.15) is 47.1 Å². The Morgan fingerprint density at radius 3 is 2.39 bits per heavy atom. The lowest BCUT2D eigenvalue weighted by Crippen LogP contribution is -2.49. The molecule has 2 saturated heterocycles. The minimum atomic E-state index is -0.00785. The lowest BCUT2D eigenvalue weighted by atomic mass is 9.96. The van der Waals surface area contributed by atoms with Gasteiger partial charge in [-0.2, -0.15) is 4.98 Å². The number of fused-ring (bicyclic) bond motifs is 2. The normalized spacial score (nSPS) is 16.1. The first-order chi connectivity index (χ1) is 27.6. The van der Waals surface area contributed by atoms with Crippen molar-refractivity contribution < 1.29 is 23.5 Å². The average Bonchev–Trinajstić information content (AvgIpc) is 3.61. The van der Waals surface area contributed by atoms with E-state index in [-0.39, 0.29) is 48.1 Å². The molecule has 17 heteroatoms. The highest BCUT2D eigenvalue weighted by Gasteiger charge is 2.26. The largest absolute Gasteiger partial charge is 0.424 e. The molecule has 2 aromatic heterocycles. The van der Waals surface area contributed by atoms with Crippen LogP contribution in [0.5, 0.6) is 0 Å². The first kappa shape index (κ1) is 39.6. The van der Waals surface area contributed by atoms with E-state index in [1.165, 1.54) is 11.9 Å². The van der Waals surface area contributed by atoms with E-state index >= 15 is 0 Å². The average molecular weight is 781 g/mol. The van der Waals surface area contributed by atoms with Crippen LogP contribution >= 0.6 is 0 Å². The number of nitrogens with one attached hydrogen (secondary N) is 2. The number of carbonyl (C=O) groups is 3. The number of oxazole rings is 1. The number of hydrogen-bond donors (Lipinski definition) is 4. The monoisotopic (exact) mass is 780 g/mol. The molecular weight excluding hydrogens is 729 g/mol. The molecule has 3 aliphatic rings. The van der Waals surface area contributed by atoms with Crippen LogP contribution in [0.3, 0.4) is 0 Å². The van der Waals surface area contributed by atoms with Gasteiger partial charge in [0.2, 0.25) is 17.7 Å². The van der Waals surface area contributed by atoms with E-state index in [1.807, 2.05) is 32.7 Å². The quantitative estimate of drug-likeness (QED) is 0.106. The summed E-state index contributed by atoms with van der Waals surface area (Å²) in [5.74, 6) is 0.875. The second kappa shape index (κ2) is 18.1. The summed E-state index contributed by atoms with van der Waals surface area (Å²) in [4.78, 5) is 61.3. The summed E-state index contributed by atoms with van der Waals surface area (Å²) in [5, 5.41) is 12.3. The third-order valence-electron chi connectivity index (χ3n) is 11.0. The number of benzene rings is 2. The molecule has 0 spiro atoms. The van der Waals surface area contributed by atoms with Gasteiger partial charge in [0.05, 0.1) is 30.9 Å². The molecule has 3 aliphatic heterocycles. The number of nitrogens with two attached hydrogens (primary N) is 2. The maximum absolute atomic E-state index is 13.2. The van der Waals surface area contributed by atoms with E-state index in [1.54, 1.807) is 18.2 Å². The van der Waals surface area contributed by atoms with Crippen molar-refractivity contribution in [2.75, 3.05) is 102 Å².